The minimum absolute atomic E-state index is 0.110. The summed E-state index contributed by atoms with van der Waals surface area (Å²) in [6, 6.07) is 2.76. The number of hydrogen-bond acceptors (Lipinski definition) is 7. The first kappa shape index (κ1) is 20.6. The van der Waals surface area contributed by atoms with E-state index in [9.17, 15) is 28.1 Å². The lowest BCUT2D eigenvalue weighted by atomic mass is 10.1. The lowest BCUT2D eigenvalue weighted by molar-refractivity contribution is -0.387. The molecule has 1 aromatic rings. The second-order valence-corrected chi connectivity index (χ2v) is 7.87. The SMILES string of the molecule is CC(C)C(C)NC(=O)COC(=O)c1ccc(S(C)(=O)=O)c([N+](=O)[O-])c1. The van der Waals surface area contributed by atoms with Crippen LogP contribution in [0.2, 0.25) is 0 Å². The van der Waals surface area contributed by atoms with Crippen LogP contribution in [-0.4, -0.2) is 44.1 Å². The van der Waals surface area contributed by atoms with Crippen LogP contribution < -0.4 is 5.32 Å². The number of nitro groups is 1. The van der Waals surface area contributed by atoms with E-state index in [4.69, 9.17) is 4.74 Å². The number of nitrogens with zero attached hydrogens (tertiary/aromatic N) is 1. The van der Waals surface area contributed by atoms with E-state index in [1.54, 1.807) is 6.92 Å². The molecule has 1 unspecified atom stereocenters. The Hall–Kier alpha value is -2.49. The van der Waals surface area contributed by atoms with Crippen LogP contribution in [0.25, 0.3) is 0 Å². The first-order valence-corrected chi connectivity index (χ1v) is 9.27. The quantitative estimate of drug-likeness (QED) is 0.433. The van der Waals surface area contributed by atoms with E-state index in [0.29, 0.717) is 0 Å². The van der Waals surface area contributed by atoms with Crippen molar-refractivity contribution in [2.75, 3.05) is 12.9 Å². The highest BCUT2D eigenvalue weighted by Crippen LogP contribution is 2.25. The van der Waals surface area contributed by atoms with Gasteiger partial charge in [0.1, 0.15) is 4.90 Å². The van der Waals surface area contributed by atoms with Crippen LogP contribution in [-0.2, 0) is 19.4 Å². The molecule has 0 aromatic heterocycles. The molecule has 0 aliphatic rings. The number of carbonyl (C=O) groups excluding carboxylic acids is 2. The molecule has 25 heavy (non-hydrogen) atoms. The summed E-state index contributed by atoms with van der Waals surface area (Å²) in [5, 5.41) is 13.7. The number of esters is 1. The van der Waals surface area contributed by atoms with Gasteiger partial charge in [-0.05, 0) is 25.0 Å². The van der Waals surface area contributed by atoms with Crippen LogP contribution >= 0.6 is 0 Å². The number of carbonyl (C=O) groups is 2. The molecule has 0 bridgehead atoms. The molecule has 0 saturated carbocycles. The molecule has 1 atom stereocenters. The van der Waals surface area contributed by atoms with Crippen molar-refractivity contribution in [3.63, 3.8) is 0 Å². The third-order valence-corrected chi connectivity index (χ3v) is 4.66. The molecule has 0 spiro atoms. The molecule has 10 heteroatoms. The molecule has 1 N–H and O–H groups in total. The van der Waals surface area contributed by atoms with Gasteiger partial charge in [0.15, 0.2) is 16.4 Å². The summed E-state index contributed by atoms with van der Waals surface area (Å²) in [6.07, 6.45) is 0.827. The molecule has 0 radical (unpaired) electrons. The highest BCUT2D eigenvalue weighted by atomic mass is 32.2. The van der Waals surface area contributed by atoms with Gasteiger partial charge in [-0.15, -0.1) is 0 Å². The maximum atomic E-state index is 11.9. The maximum absolute atomic E-state index is 11.9. The third-order valence-electron chi connectivity index (χ3n) is 3.51. The Morgan fingerprint density at radius 1 is 1.28 bits per heavy atom. The number of nitrogens with one attached hydrogen (secondary N) is 1. The average Bonchev–Trinajstić information content (AvgIpc) is 2.50. The molecule has 1 aromatic carbocycles. The summed E-state index contributed by atoms with van der Waals surface area (Å²) >= 11 is 0. The molecular weight excluding hydrogens is 352 g/mol. The van der Waals surface area contributed by atoms with E-state index in [2.05, 4.69) is 5.32 Å². The number of hydrogen-bond donors (Lipinski definition) is 1. The van der Waals surface area contributed by atoms with Crippen LogP contribution in [0.1, 0.15) is 31.1 Å². The summed E-state index contributed by atoms with van der Waals surface area (Å²) in [6.45, 7) is 5.09. The number of rotatable bonds is 7. The minimum Gasteiger partial charge on any atom is -0.452 e. The van der Waals surface area contributed by atoms with Crippen LogP contribution in [0.4, 0.5) is 5.69 Å². The number of ether oxygens (including phenoxy) is 1. The Morgan fingerprint density at radius 3 is 2.36 bits per heavy atom. The molecule has 0 saturated heterocycles. The van der Waals surface area contributed by atoms with Crippen molar-refractivity contribution in [2.45, 2.75) is 31.7 Å². The second kappa shape index (κ2) is 8.06. The maximum Gasteiger partial charge on any atom is 0.338 e. The zero-order chi connectivity index (χ0) is 19.4. The first-order chi connectivity index (χ1) is 11.4. The predicted octanol–water partition coefficient (Wildman–Crippen LogP) is 1.32. The van der Waals surface area contributed by atoms with Gasteiger partial charge in [0.05, 0.1) is 10.5 Å². The fourth-order valence-electron chi connectivity index (χ4n) is 1.78. The van der Waals surface area contributed by atoms with Crippen molar-refractivity contribution >= 4 is 27.4 Å². The van der Waals surface area contributed by atoms with Gasteiger partial charge in [0.2, 0.25) is 0 Å². The number of sulfone groups is 1. The van der Waals surface area contributed by atoms with Gasteiger partial charge in [-0.2, -0.15) is 0 Å². The summed E-state index contributed by atoms with van der Waals surface area (Å²) in [4.78, 5) is 33.2. The molecule has 1 amide bonds. The van der Waals surface area contributed by atoms with Crippen molar-refractivity contribution in [3.8, 4) is 0 Å². The Bertz CT molecular complexity index is 787. The van der Waals surface area contributed by atoms with Gasteiger partial charge < -0.3 is 10.1 Å². The van der Waals surface area contributed by atoms with Crippen LogP contribution in [0.3, 0.4) is 0 Å². The monoisotopic (exact) mass is 372 g/mol. The third kappa shape index (κ3) is 5.82. The van der Waals surface area contributed by atoms with E-state index < -0.39 is 43.8 Å². The smallest absolute Gasteiger partial charge is 0.338 e. The number of amides is 1. The normalized spacial score (nSPS) is 12.5. The van der Waals surface area contributed by atoms with Crippen molar-refractivity contribution in [1.29, 1.82) is 0 Å². The summed E-state index contributed by atoms with van der Waals surface area (Å²) in [7, 11) is -3.83. The predicted molar refractivity (Wildman–Crippen MR) is 88.9 cm³/mol. The fourth-order valence-corrected chi connectivity index (χ4v) is 2.61. The zero-order valence-electron chi connectivity index (χ0n) is 14.3. The molecule has 1 rings (SSSR count). The summed E-state index contributed by atoms with van der Waals surface area (Å²) < 4.78 is 27.9. The fraction of sp³-hybridized carbons (Fsp3) is 0.467. The lowest BCUT2D eigenvalue weighted by Gasteiger charge is -2.17. The number of benzene rings is 1. The van der Waals surface area contributed by atoms with E-state index in [0.717, 1.165) is 24.5 Å². The topological polar surface area (TPSA) is 133 Å². The van der Waals surface area contributed by atoms with Crippen LogP contribution in [0, 0.1) is 16.0 Å². The van der Waals surface area contributed by atoms with Crippen molar-refractivity contribution in [3.05, 3.63) is 33.9 Å². The van der Waals surface area contributed by atoms with Gasteiger partial charge in [-0.1, -0.05) is 13.8 Å². The second-order valence-electron chi connectivity index (χ2n) is 5.89. The van der Waals surface area contributed by atoms with Crippen molar-refractivity contribution in [2.24, 2.45) is 5.92 Å². The summed E-state index contributed by atoms with van der Waals surface area (Å²) in [5.74, 6) is -1.27. The van der Waals surface area contributed by atoms with E-state index in [1.807, 2.05) is 13.8 Å². The molecule has 0 aliphatic heterocycles. The highest BCUT2D eigenvalue weighted by Gasteiger charge is 2.24. The Labute approximate surface area is 145 Å². The van der Waals surface area contributed by atoms with Gasteiger partial charge in [-0.25, -0.2) is 13.2 Å². The van der Waals surface area contributed by atoms with Gasteiger partial charge in [0.25, 0.3) is 11.6 Å². The highest BCUT2D eigenvalue weighted by molar-refractivity contribution is 7.90. The van der Waals surface area contributed by atoms with Crippen molar-refractivity contribution < 1.29 is 27.7 Å². The standard InChI is InChI=1S/C15H20N2O7S/c1-9(2)10(3)16-14(18)8-24-15(19)11-5-6-13(25(4,22)23)12(7-11)17(20)21/h5-7,9-10H,8H2,1-4H3,(H,16,18). The number of nitro benzene ring substituents is 1. The van der Waals surface area contributed by atoms with Crippen LogP contribution in [0.5, 0.6) is 0 Å². The van der Waals surface area contributed by atoms with Gasteiger partial charge in [-0.3, -0.25) is 14.9 Å². The molecule has 0 fully saturated rings. The van der Waals surface area contributed by atoms with Gasteiger partial charge >= 0.3 is 5.97 Å². The van der Waals surface area contributed by atoms with E-state index in [1.165, 1.54) is 0 Å². The summed E-state index contributed by atoms with van der Waals surface area (Å²) in [5.41, 5.74) is -0.946. The van der Waals surface area contributed by atoms with E-state index >= 15 is 0 Å². The first-order valence-electron chi connectivity index (χ1n) is 7.38. The Balaban J connectivity index is 2.88. The minimum atomic E-state index is -3.83. The lowest BCUT2D eigenvalue weighted by Crippen LogP contribution is -2.38. The average molecular weight is 372 g/mol. The molecule has 0 heterocycles. The Kier molecular flexibility index (Phi) is 6.63. The molecular formula is C15H20N2O7S. The molecule has 0 aliphatic carbocycles. The van der Waals surface area contributed by atoms with E-state index in [-0.39, 0.29) is 17.5 Å². The van der Waals surface area contributed by atoms with Crippen LogP contribution in [0.15, 0.2) is 23.1 Å². The zero-order valence-corrected chi connectivity index (χ0v) is 15.1. The van der Waals surface area contributed by atoms with Gasteiger partial charge in [0, 0.05) is 18.4 Å². The molecule has 9 nitrogen and oxygen atoms in total. The Morgan fingerprint density at radius 2 is 1.88 bits per heavy atom. The molecule has 138 valence electrons. The van der Waals surface area contributed by atoms with Crippen molar-refractivity contribution in [1.82, 2.24) is 5.32 Å². The largest absolute Gasteiger partial charge is 0.452 e.